The molecule has 1 aromatic carbocycles. The number of carbonyl (C=O) groups excluding carboxylic acids is 1. The van der Waals surface area contributed by atoms with Gasteiger partial charge in [-0.1, -0.05) is 30.3 Å². The highest BCUT2D eigenvalue weighted by atomic mass is 32.2. The van der Waals surface area contributed by atoms with Gasteiger partial charge in [0.2, 0.25) is 0 Å². The topological polar surface area (TPSA) is 131 Å². The van der Waals surface area contributed by atoms with Crippen LogP contribution in [0, 0.1) is 6.92 Å². The Kier molecular flexibility index (Phi) is 7.97. The molecule has 14 heteroatoms. The first-order valence-electron chi connectivity index (χ1n) is 11.5. The van der Waals surface area contributed by atoms with Crippen molar-refractivity contribution >= 4 is 21.8 Å². The van der Waals surface area contributed by atoms with Crippen molar-refractivity contribution in [1.29, 1.82) is 0 Å². The van der Waals surface area contributed by atoms with Crippen molar-refractivity contribution in [2.45, 2.75) is 24.4 Å². The van der Waals surface area contributed by atoms with Crippen molar-refractivity contribution in [2.75, 3.05) is 30.6 Å². The van der Waals surface area contributed by atoms with Gasteiger partial charge in [-0.3, -0.25) is 4.79 Å². The van der Waals surface area contributed by atoms with Crippen LogP contribution in [-0.4, -0.2) is 61.8 Å². The summed E-state index contributed by atoms with van der Waals surface area (Å²) in [7, 11) is -4.53. The number of aryl methyl sites for hydroxylation is 1. The molecule has 3 N–H and O–H groups in total. The van der Waals surface area contributed by atoms with E-state index < -0.39 is 40.5 Å². The summed E-state index contributed by atoms with van der Waals surface area (Å²) >= 11 is 0. The Balaban J connectivity index is 1.95. The summed E-state index contributed by atoms with van der Waals surface area (Å²) < 4.78 is 76.0. The highest BCUT2D eigenvalue weighted by molar-refractivity contribution is 7.92. The summed E-state index contributed by atoms with van der Waals surface area (Å²) in [6.07, 6.45) is -4.04. The Bertz CT molecular complexity index is 1410. The number of piperazine rings is 1. The first kappa shape index (κ1) is 27.4. The molecule has 0 radical (unpaired) electrons. The Morgan fingerprint density at radius 3 is 2.58 bits per heavy atom. The lowest BCUT2D eigenvalue weighted by Crippen LogP contribution is -2.61. The highest BCUT2D eigenvalue weighted by Gasteiger charge is 2.41. The summed E-state index contributed by atoms with van der Waals surface area (Å²) in [5.74, 6) is -1.13. The molecule has 1 fully saturated rings. The van der Waals surface area contributed by atoms with E-state index in [9.17, 15) is 26.4 Å². The number of pyridine rings is 2. The lowest BCUT2D eigenvalue weighted by Gasteiger charge is -2.41. The molecular formula is C24H25F3N6O4S. The van der Waals surface area contributed by atoms with Crippen LogP contribution in [0.2, 0.25) is 0 Å². The van der Waals surface area contributed by atoms with E-state index in [0.717, 1.165) is 10.5 Å². The number of hydrogen-bond donors (Lipinski definition) is 2. The monoisotopic (exact) mass is 550 g/mol. The first-order chi connectivity index (χ1) is 18.0. The lowest BCUT2D eigenvalue weighted by atomic mass is 9.97. The number of benzene rings is 1. The van der Waals surface area contributed by atoms with E-state index in [-0.39, 0.29) is 41.6 Å². The Morgan fingerprint density at radius 1 is 1.18 bits per heavy atom. The number of sulfonamides is 1. The van der Waals surface area contributed by atoms with E-state index in [2.05, 4.69) is 15.3 Å². The molecule has 10 nitrogen and oxygen atoms in total. The van der Waals surface area contributed by atoms with E-state index in [0.29, 0.717) is 11.8 Å². The van der Waals surface area contributed by atoms with Gasteiger partial charge in [0, 0.05) is 32.0 Å². The zero-order valence-corrected chi connectivity index (χ0v) is 21.0. The minimum absolute atomic E-state index is 0.0109. The zero-order chi connectivity index (χ0) is 27.5. The molecule has 1 unspecified atom stereocenters. The summed E-state index contributed by atoms with van der Waals surface area (Å²) in [4.78, 5) is 19.9. The average Bonchev–Trinajstić information content (AvgIpc) is 2.89. The highest BCUT2D eigenvalue weighted by Crippen LogP contribution is 2.40. The molecule has 202 valence electrons. The van der Waals surface area contributed by atoms with Crippen LogP contribution < -0.4 is 15.5 Å². The zero-order valence-electron chi connectivity index (χ0n) is 20.2. The van der Waals surface area contributed by atoms with Crippen LogP contribution >= 0.6 is 0 Å². The third-order valence-corrected chi connectivity index (χ3v) is 7.41. The minimum Gasteiger partial charge on any atom is -0.442 e. The summed E-state index contributed by atoms with van der Waals surface area (Å²) in [6.45, 7) is 1.53. The van der Waals surface area contributed by atoms with Crippen molar-refractivity contribution in [2.24, 2.45) is 5.73 Å². The van der Waals surface area contributed by atoms with Gasteiger partial charge >= 0.3 is 12.1 Å². The molecule has 1 aliphatic rings. The van der Waals surface area contributed by atoms with E-state index in [4.69, 9.17) is 10.5 Å². The van der Waals surface area contributed by atoms with E-state index in [1.165, 1.54) is 35.5 Å². The fourth-order valence-corrected chi connectivity index (χ4v) is 5.46. The third-order valence-electron chi connectivity index (χ3n) is 5.79. The van der Waals surface area contributed by atoms with Crippen LogP contribution in [0.4, 0.5) is 19.0 Å². The first-order valence-corrected chi connectivity index (χ1v) is 12.9. The third kappa shape index (κ3) is 5.62. The summed E-state index contributed by atoms with van der Waals surface area (Å²) in [5, 5.41) is 3.84. The Hall–Kier alpha value is -3.59. The molecule has 0 spiro atoms. The predicted molar refractivity (Wildman–Crippen MR) is 132 cm³/mol. The van der Waals surface area contributed by atoms with Gasteiger partial charge in [0.25, 0.3) is 10.0 Å². The number of hydrogen-bond acceptors (Lipinski definition) is 9. The second-order valence-corrected chi connectivity index (χ2v) is 10.0. The molecule has 3 aromatic rings. The molecule has 38 heavy (non-hydrogen) atoms. The average molecular weight is 551 g/mol. The number of aromatic nitrogens is 2. The van der Waals surface area contributed by atoms with Crippen molar-refractivity contribution in [1.82, 2.24) is 20.3 Å². The largest absolute Gasteiger partial charge is 0.442 e. The van der Waals surface area contributed by atoms with Gasteiger partial charge in [0.15, 0.2) is 17.1 Å². The Morgan fingerprint density at radius 2 is 1.92 bits per heavy atom. The number of carbonyl (C=O) groups is 1. The van der Waals surface area contributed by atoms with Gasteiger partial charge in [0.1, 0.15) is 0 Å². The SMILES string of the molecule is Cc1ccccc1-c1cc(N(N2CCNCC2OC(=O)CN)S(=O)(=O)c2ccccn2)ncc1C(F)(F)F. The van der Waals surface area contributed by atoms with Crippen molar-refractivity contribution in [3.63, 3.8) is 0 Å². The number of esters is 1. The van der Waals surface area contributed by atoms with E-state index in [1.807, 2.05) is 0 Å². The number of rotatable bonds is 7. The summed E-state index contributed by atoms with van der Waals surface area (Å²) in [5.41, 5.74) is 4.90. The number of nitrogens with two attached hydrogens (primary N) is 1. The number of hydrazine groups is 1. The standard InChI is InChI=1S/C24H25F3N6O4S/c1-16-6-2-3-7-17(16)18-12-20(31-14-19(18)24(25,26)27)33(38(35,36)21-8-4-5-9-30-21)32-11-10-29-15-22(32)37-23(34)13-28/h2-9,12,14,22,29H,10-11,13,15,28H2,1H3. The molecule has 0 bridgehead atoms. The van der Waals surface area contributed by atoms with E-state index in [1.54, 1.807) is 25.1 Å². The van der Waals surface area contributed by atoms with E-state index >= 15 is 0 Å². The maximum Gasteiger partial charge on any atom is 0.418 e. The Labute approximate surface area is 217 Å². The molecule has 4 rings (SSSR count). The van der Waals surface area contributed by atoms with Crippen molar-refractivity contribution < 1.29 is 31.1 Å². The molecule has 0 saturated carbocycles. The molecule has 1 atom stereocenters. The van der Waals surface area contributed by atoms with Crippen LogP contribution in [0.3, 0.4) is 0 Å². The maximum atomic E-state index is 14.0. The van der Waals surface area contributed by atoms with Crippen LogP contribution in [-0.2, 0) is 25.7 Å². The second-order valence-electron chi connectivity index (χ2n) is 8.33. The van der Waals surface area contributed by atoms with Crippen molar-refractivity contribution in [3.05, 3.63) is 72.1 Å². The number of anilines is 1. The smallest absolute Gasteiger partial charge is 0.418 e. The van der Waals surface area contributed by atoms with Gasteiger partial charge in [-0.15, -0.1) is 0 Å². The molecule has 2 aromatic heterocycles. The molecular weight excluding hydrogens is 525 g/mol. The number of nitrogens with zero attached hydrogens (tertiary/aromatic N) is 4. The molecule has 1 aliphatic heterocycles. The summed E-state index contributed by atoms with van der Waals surface area (Å²) in [6, 6.07) is 11.7. The maximum absolute atomic E-state index is 14.0. The lowest BCUT2D eigenvalue weighted by molar-refractivity contribution is -0.158. The molecule has 0 aliphatic carbocycles. The van der Waals surface area contributed by atoms with Gasteiger partial charge in [0.05, 0.1) is 12.1 Å². The second kappa shape index (κ2) is 11.0. The fourth-order valence-electron chi connectivity index (χ4n) is 4.03. The number of alkyl halides is 3. The number of ether oxygens (including phenoxy) is 1. The minimum atomic E-state index is -4.76. The van der Waals surface area contributed by atoms with Crippen molar-refractivity contribution in [3.8, 4) is 11.1 Å². The van der Waals surface area contributed by atoms with Gasteiger partial charge in [-0.05, 0) is 41.8 Å². The van der Waals surface area contributed by atoms with Crippen LogP contribution in [0.5, 0.6) is 0 Å². The van der Waals surface area contributed by atoms with Gasteiger partial charge in [-0.2, -0.15) is 31.0 Å². The fraction of sp³-hybridized carbons (Fsp3) is 0.292. The van der Waals surface area contributed by atoms with Crippen LogP contribution in [0.1, 0.15) is 11.1 Å². The number of halogens is 3. The molecule has 0 amide bonds. The van der Waals surface area contributed by atoms with Gasteiger partial charge < -0.3 is 15.8 Å². The predicted octanol–water partition coefficient (Wildman–Crippen LogP) is 2.31. The molecule has 1 saturated heterocycles. The number of nitrogens with one attached hydrogen (secondary N) is 1. The van der Waals surface area contributed by atoms with Gasteiger partial charge in [-0.25, -0.2) is 9.97 Å². The normalized spacial score (nSPS) is 16.7. The van der Waals surface area contributed by atoms with Crippen LogP contribution in [0.25, 0.3) is 11.1 Å². The molecule has 3 heterocycles. The van der Waals surface area contributed by atoms with Crippen LogP contribution in [0.15, 0.2) is 66.0 Å². The quantitative estimate of drug-likeness (QED) is 0.426.